The van der Waals surface area contributed by atoms with Crippen LogP contribution in [0.1, 0.15) is 59.0 Å². The third-order valence-electron chi connectivity index (χ3n) is 5.29. The number of alkyl halides is 3. The molecule has 0 bridgehead atoms. The first-order valence-electron chi connectivity index (χ1n) is 10.1. The Balaban J connectivity index is 1.52. The highest BCUT2D eigenvalue weighted by Gasteiger charge is 2.32. The van der Waals surface area contributed by atoms with Gasteiger partial charge in [-0.2, -0.15) is 18.3 Å². The first kappa shape index (κ1) is 23.1. The monoisotopic (exact) mass is 457 g/mol. The van der Waals surface area contributed by atoms with Crippen molar-refractivity contribution in [3.63, 3.8) is 0 Å². The fourth-order valence-electron chi connectivity index (χ4n) is 3.67. The molecule has 31 heavy (non-hydrogen) atoms. The van der Waals surface area contributed by atoms with Crippen LogP contribution in [0, 0.1) is 5.92 Å². The number of benzene rings is 1. The van der Waals surface area contributed by atoms with Gasteiger partial charge in [-0.1, -0.05) is 11.6 Å². The van der Waals surface area contributed by atoms with Gasteiger partial charge in [-0.3, -0.25) is 9.48 Å². The van der Waals surface area contributed by atoms with Crippen molar-refractivity contribution >= 4 is 23.5 Å². The van der Waals surface area contributed by atoms with E-state index in [4.69, 9.17) is 16.3 Å². The number of esters is 1. The van der Waals surface area contributed by atoms with Crippen molar-refractivity contribution in [3.05, 3.63) is 52.3 Å². The summed E-state index contributed by atoms with van der Waals surface area (Å²) in [5.74, 6) is -0.744. The second-order valence-electron chi connectivity index (χ2n) is 7.53. The molecule has 1 aromatic heterocycles. The number of hydrogen-bond acceptors (Lipinski definition) is 4. The lowest BCUT2D eigenvalue weighted by atomic mass is 9.86. The molecule has 1 N–H and O–H groups in total. The van der Waals surface area contributed by atoms with Crippen LogP contribution in [0.3, 0.4) is 0 Å². The zero-order valence-corrected chi connectivity index (χ0v) is 17.7. The number of nitrogens with zero attached hydrogens (tertiary/aromatic N) is 2. The van der Waals surface area contributed by atoms with Crippen LogP contribution in [-0.4, -0.2) is 34.3 Å². The molecule has 1 fully saturated rings. The molecule has 0 unspecified atom stereocenters. The van der Waals surface area contributed by atoms with Gasteiger partial charge in [-0.05, 0) is 62.8 Å². The predicted molar refractivity (Wildman–Crippen MR) is 108 cm³/mol. The highest BCUT2D eigenvalue weighted by molar-refractivity contribution is 6.33. The number of carbonyl (C=O) groups excluding carboxylic acids is 2. The Morgan fingerprint density at radius 3 is 2.58 bits per heavy atom. The number of carbonyl (C=O) groups is 2. The second kappa shape index (κ2) is 9.72. The van der Waals surface area contributed by atoms with E-state index in [0.29, 0.717) is 25.3 Å². The van der Waals surface area contributed by atoms with Crippen molar-refractivity contribution < 1.29 is 27.5 Å². The summed E-state index contributed by atoms with van der Waals surface area (Å²) >= 11 is 5.95. The van der Waals surface area contributed by atoms with Crippen LogP contribution in [0.5, 0.6) is 0 Å². The first-order valence-corrected chi connectivity index (χ1v) is 10.4. The van der Waals surface area contributed by atoms with E-state index in [0.717, 1.165) is 31.0 Å². The SMILES string of the molecule is CCOC(=O)c1ccn(C[C@H]2CC[C@H](NC(=O)c3cc(C(F)(F)F)ccc3Cl)CC2)n1. The Kier molecular flexibility index (Phi) is 7.25. The van der Waals surface area contributed by atoms with Gasteiger partial charge in [0, 0.05) is 18.8 Å². The lowest BCUT2D eigenvalue weighted by Gasteiger charge is -2.29. The van der Waals surface area contributed by atoms with Crippen LogP contribution < -0.4 is 5.32 Å². The summed E-state index contributed by atoms with van der Waals surface area (Å²) in [6, 6.07) is 4.20. The second-order valence-corrected chi connectivity index (χ2v) is 7.93. The molecule has 1 aliphatic rings. The number of aromatic nitrogens is 2. The van der Waals surface area contributed by atoms with Crippen molar-refractivity contribution in [1.29, 1.82) is 0 Å². The number of nitrogens with one attached hydrogen (secondary N) is 1. The maximum Gasteiger partial charge on any atom is 0.416 e. The zero-order valence-electron chi connectivity index (χ0n) is 16.9. The van der Waals surface area contributed by atoms with Gasteiger partial charge in [0.15, 0.2) is 5.69 Å². The molecule has 1 amide bonds. The third-order valence-corrected chi connectivity index (χ3v) is 5.62. The summed E-state index contributed by atoms with van der Waals surface area (Å²) in [6.45, 7) is 2.65. The number of amides is 1. The Morgan fingerprint density at radius 1 is 1.23 bits per heavy atom. The van der Waals surface area contributed by atoms with Gasteiger partial charge in [0.25, 0.3) is 5.91 Å². The minimum absolute atomic E-state index is 0.0183. The normalized spacial score (nSPS) is 19.1. The third kappa shape index (κ3) is 6.00. The van der Waals surface area contributed by atoms with Crippen molar-refractivity contribution in [2.45, 2.75) is 51.4 Å². The van der Waals surface area contributed by atoms with Gasteiger partial charge in [-0.25, -0.2) is 4.79 Å². The molecule has 2 aromatic rings. The van der Waals surface area contributed by atoms with Crippen LogP contribution >= 0.6 is 11.6 Å². The standard InChI is InChI=1S/C21H23ClF3N3O3/c1-2-31-20(30)18-9-10-28(27-18)12-13-3-6-15(7-4-13)26-19(29)16-11-14(21(23,24)25)5-8-17(16)22/h5,8-11,13,15H,2-4,6-7,12H2,1H3,(H,26,29)/t13-,15-. The van der Waals surface area contributed by atoms with E-state index < -0.39 is 23.6 Å². The molecule has 0 radical (unpaired) electrons. The molecule has 168 valence electrons. The molecule has 6 nitrogen and oxygen atoms in total. The number of hydrogen-bond donors (Lipinski definition) is 1. The lowest BCUT2D eigenvalue weighted by molar-refractivity contribution is -0.137. The minimum Gasteiger partial charge on any atom is -0.461 e. The highest BCUT2D eigenvalue weighted by atomic mass is 35.5. The van der Waals surface area contributed by atoms with Gasteiger partial charge < -0.3 is 10.1 Å². The largest absolute Gasteiger partial charge is 0.461 e. The van der Waals surface area contributed by atoms with E-state index >= 15 is 0 Å². The number of ether oxygens (including phenoxy) is 1. The van der Waals surface area contributed by atoms with E-state index in [9.17, 15) is 22.8 Å². The van der Waals surface area contributed by atoms with Gasteiger partial charge >= 0.3 is 12.1 Å². The summed E-state index contributed by atoms with van der Waals surface area (Å²) in [6.07, 6.45) is 0.205. The minimum atomic E-state index is -4.54. The molecule has 1 aromatic carbocycles. The molecule has 3 rings (SSSR count). The Labute approximate surface area is 182 Å². The van der Waals surface area contributed by atoms with Crippen molar-refractivity contribution in [3.8, 4) is 0 Å². The van der Waals surface area contributed by atoms with E-state index in [-0.39, 0.29) is 28.9 Å². The zero-order chi connectivity index (χ0) is 22.6. The Morgan fingerprint density at radius 2 is 1.94 bits per heavy atom. The fourth-order valence-corrected chi connectivity index (χ4v) is 3.87. The van der Waals surface area contributed by atoms with Crippen LogP contribution in [0.15, 0.2) is 30.5 Å². The maximum absolute atomic E-state index is 12.9. The molecular weight excluding hydrogens is 435 g/mol. The molecule has 0 aliphatic heterocycles. The molecule has 10 heteroatoms. The van der Waals surface area contributed by atoms with Gasteiger partial charge in [0.1, 0.15) is 0 Å². The Hall–Kier alpha value is -2.55. The van der Waals surface area contributed by atoms with Gasteiger partial charge in [-0.15, -0.1) is 0 Å². The predicted octanol–water partition coefficient (Wildman–Crippen LogP) is 4.72. The van der Waals surface area contributed by atoms with Crippen molar-refractivity contribution in [2.75, 3.05) is 6.61 Å². The van der Waals surface area contributed by atoms with E-state index in [1.54, 1.807) is 23.9 Å². The first-order chi connectivity index (χ1) is 14.7. The van der Waals surface area contributed by atoms with Crippen LogP contribution in [0.2, 0.25) is 5.02 Å². The summed E-state index contributed by atoms with van der Waals surface area (Å²) in [7, 11) is 0. The van der Waals surface area contributed by atoms with Crippen molar-refractivity contribution in [2.24, 2.45) is 5.92 Å². The van der Waals surface area contributed by atoms with Crippen LogP contribution in [-0.2, 0) is 17.5 Å². The topological polar surface area (TPSA) is 73.2 Å². The molecule has 0 atom stereocenters. The fraction of sp³-hybridized carbons (Fsp3) is 0.476. The summed E-state index contributed by atoms with van der Waals surface area (Å²) < 4.78 is 45.4. The van der Waals surface area contributed by atoms with Gasteiger partial charge in [0.05, 0.1) is 22.8 Å². The molecule has 0 saturated heterocycles. The smallest absolute Gasteiger partial charge is 0.416 e. The van der Waals surface area contributed by atoms with Crippen LogP contribution in [0.25, 0.3) is 0 Å². The van der Waals surface area contributed by atoms with Crippen molar-refractivity contribution in [1.82, 2.24) is 15.1 Å². The maximum atomic E-state index is 12.9. The average molecular weight is 458 g/mol. The molecular formula is C21H23ClF3N3O3. The summed E-state index contributed by atoms with van der Waals surface area (Å²) in [5, 5.41) is 7.01. The molecule has 1 saturated carbocycles. The lowest BCUT2D eigenvalue weighted by Crippen LogP contribution is -2.38. The Bertz CT molecular complexity index is 937. The molecule has 1 aliphatic carbocycles. The number of halogens is 4. The van der Waals surface area contributed by atoms with Gasteiger partial charge in [0.2, 0.25) is 0 Å². The van der Waals surface area contributed by atoms with Crippen LogP contribution in [0.4, 0.5) is 13.2 Å². The molecule has 0 spiro atoms. The summed E-state index contributed by atoms with van der Waals surface area (Å²) in [5.41, 5.74) is -0.824. The summed E-state index contributed by atoms with van der Waals surface area (Å²) in [4.78, 5) is 24.2. The van der Waals surface area contributed by atoms with E-state index in [1.807, 2.05) is 0 Å². The van der Waals surface area contributed by atoms with E-state index in [1.165, 1.54) is 0 Å². The number of rotatable bonds is 6. The molecule has 1 heterocycles. The quantitative estimate of drug-likeness (QED) is 0.637. The average Bonchev–Trinajstić information content (AvgIpc) is 3.17. The highest BCUT2D eigenvalue weighted by Crippen LogP contribution is 2.32. The van der Waals surface area contributed by atoms with E-state index in [2.05, 4.69) is 10.4 Å².